The summed E-state index contributed by atoms with van der Waals surface area (Å²) in [4.78, 5) is 22.6. The van der Waals surface area contributed by atoms with Crippen molar-refractivity contribution in [2.24, 2.45) is 0 Å². The number of hydrogen-bond donors (Lipinski definition) is 2. The lowest BCUT2D eigenvalue weighted by molar-refractivity contribution is -0.175. The molecule has 1 unspecified atom stereocenters. The molecule has 0 aromatic rings. The van der Waals surface area contributed by atoms with Gasteiger partial charge in [-0.2, -0.15) is 0 Å². The summed E-state index contributed by atoms with van der Waals surface area (Å²) in [5, 5.41) is 12.1. The second kappa shape index (κ2) is 8.05. The maximum Gasteiger partial charge on any atom is 0.347 e. The second-order valence-corrected chi connectivity index (χ2v) is 4.32. The number of aliphatic carboxylic acids is 1. The Morgan fingerprint density at radius 3 is 2.61 bits per heavy atom. The molecule has 1 heterocycles. The summed E-state index contributed by atoms with van der Waals surface area (Å²) in [7, 11) is 0. The highest BCUT2D eigenvalue weighted by molar-refractivity contribution is 5.97. The Hall–Kier alpha value is -1.14. The van der Waals surface area contributed by atoms with Gasteiger partial charge in [0.1, 0.15) is 0 Å². The Kier molecular flexibility index (Phi) is 6.67. The van der Waals surface area contributed by atoms with Crippen LogP contribution in [0.2, 0.25) is 0 Å². The summed E-state index contributed by atoms with van der Waals surface area (Å²) < 4.78 is 10.2. The van der Waals surface area contributed by atoms with Crippen molar-refractivity contribution in [3.63, 3.8) is 0 Å². The van der Waals surface area contributed by atoms with Crippen molar-refractivity contribution in [3.05, 3.63) is 0 Å². The molecule has 0 aromatic carbocycles. The number of piperidine rings is 1. The summed E-state index contributed by atoms with van der Waals surface area (Å²) in [5.74, 6) is -2.08. The maximum absolute atomic E-state index is 11.6. The van der Waals surface area contributed by atoms with Gasteiger partial charge in [-0.1, -0.05) is 13.3 Å². The van der Waals surface area contributed by atoms with Crippen LogP contribution < -0.4 is 5.32 Å². The van der Waals surface area contributed by atoms with Crippen molar-refractivity contribution in [3.8, 4) is 0 Å². The molecule has 1 aliphatic rings. The number of carboxylic acid groups (broad SMARTS) is 1. The van der Waals surface area contributed by atoms with E-state index in [0.717, 1.165) is 25.9 Å². The lowest BCUT2D eigenvalue weighted by Gasteiger charge is -2.25. The zero-order valence-corrected chi connectivity index (χ0v) is 10.7. The number of rotatable bonds is 7. The Bertz CT molecular complexity index is 276. The molecule has 0 radical (unpaired) electrons. The van der Waals surface area contributed by atoms with E-state index in [0.29, 0.717) is 12.8 Å². The molecule has 6 nitrogen and oxygen atoms in total. The standard InChI is InChI=1S/C12H21NO5/c1-2-3-8-17-12(16)10(11(14)15)18-9-4-6-13-7-5-9/h9-10,13H,2-8H2,1H3,(H,14,15). The van der Waals surface area contributed by atoms with Crippen LogP contribution in [0.1, 0.15) is 32.6 Å². The molecule has 2 N–H and O–H groups in total. The van der Waals surface area contributed by atoms with E-state index in [2.05, 4.69) is 5.32 Å². The van der Waals surface area contributed by atoms with Gasteiger partial charge in [-0.3, -0.25) is 0 Å². The molecular weight excluding hydrogens is 238 g/mol. The first-order chi connectivity index (χ1) is 8.65. The van der Waals surface area contributed by atoms with Gasteiger partial charge in [0.05, 0.1) is 12.7 Å². The Morgan fingerprint density at radius 1 is 1.39 bits per heavy atom. The van der Waals surface area contributed by atoms with Gasteiger partial charge >= 0.3 is 11.9 Å². The van der Waals surface area contributed by atoms with E-state index < -0.39 is 18.0 Å². The van der Waals surface area contributed by atoms with E-state index in [4.69, 9.17) is 14.6 Å². The fourth-order valence-electron chi connectivity index (χ4n) is 1.73. The Balaban J connectivity index is 2.42. The van der Waals surface area contributed by atoms with Gasteiger partial charge in [0.25, 0.3) is 6.10 Å². The van der Waals surface area contributed by atoms with Crippen LogP contribution in [0.4, 0.5) is 0 Å². The quantitative estimate of drug-likeness (QED) is 0.394. The average Bonchev–Trinajstić information content (AvgIpc) is 2.37. The lowest BCUT2D eigenvalue weighted by atomic mass is 10.1. The van der Waals surface area contributed by atoms with Gasteiger partial charge in [-0.05, 0) is 32.4 Å². The van der Waals surface area contributed by atoms with Crippen LogP contribution in [0.15, 0.2) is 0 Å². The van der Waals surface area contributed by atoms with Crippen molar-refractivity contribution in [2.75, 3.05) is 19.7 Å². The number of carboxylic acids is 1. The van der Waals surface area contributed by atoms with E-state index in [9.17, 15) is 9.59 Å². The minimum atomic E-state index is -1.50. The van der Waals surface area contributed by atoms with Crippen LogP contribution >= 0.6 is 0 Å². The van der Waals surface area contributed by atoms with E-state index in [1.807, 2.05) is 6.92 Å². The molecule has 0 saturated carbocycles. The van der Waals surface area contributed by atoms with Crippen LogP contribution in [-0.4, -0.2) is 48.9 Å². The molecule has 104 valence electrons. The molecule has 1 rings (SSSR count). The molecule has 1 aliphatic heterocycles. The minimum absolute atomic E-state index is 0.189. The third kappa shape index (κ3) is 5.01. The van der Waals surface area contributed by atoms with E-state index in [1.54, 1.807) is 0 Å². The van der Waals surface area contributed by atoms with Gasteiger partial charge < -0.3 is 19.9 Å². The maximum atomic E-state index is 11.6. The Morgan fingerprint density at radius 2 is 2.06 bits per heavy atom. The smallest absolute Gasteiger partial charge is 0.347 e. The summed E-state index contributed by atoms with van der Waals surface area (Å²) in [6, 6.07) is 0. The van der Waals surface area contributed by atoms with Crippen LogP contribution in [0, 0.1) is 0 Å². The van der Waals surface area contributed by atoms with Gasteiger partial charge in [0, 0.05) is 0 Å². The molecule has 0 aliphatic carbocycles. The first kappa shape index (κ1) is 14.9. The minimum Gasteiger partial charge on any atom is -0.479 e. The predicted octanol–water partition coefficient (Wildman–Crippen LogP) is 0.552. The van der Waals surface area contributed by atoms with Crippen LogP contribution in [0.5, 0.6) is 0 Å². The second-order valence-electron chi connectivity index (χ2n) is 4.32. The van der Waals surface area contributed by atoms with Crippen molar-refractivity contribution in [1.82, 2.24) is 5.32 Å². The third-order valence-corrected chi connectivity index (χ3v) is 2.80. The highest BCUT2D eigenvalue weighted by atomic mass is 16.6. The number of nitrogens with one attached hydrogen (secondary N) is 1. The monoisotopic (exact) mass is 259 g/mol. The number of carbonyl (C=O) groups is 2. The molecule has 1 atom stereocenters. The molecule has 18 heavy (non-hydrogen) atoms. The van der Waals surface area contributed by atoms with Crippen molar-refractivity contribution < 1.29 is 24.2 Å². The number of ether oxygens (including phenoxy) is 2. The molecule has 0 spiro atoms. The number of unbranched alkanes of at least 4 members (excludes halogenated alkanes) is 1. The largest absolute Gasteiger partial charge is 0.479 e. The van der Waals surface area contributed by atoms with Crippen molar-refractivity contribution >= 4 is 11.9 Å². The highest BCUT2D eigenvalue weighted by Gasteiger charge is 2.32. The molecule has 0 amide bonds. The fraction of sp³-hybridized carbons (Fsp3) is 0.833. The summed E-state index contributed by atoms with van der Waals surface area (Å²) in [5.41, 5.74) is 0. The first-order valence-corrected chi connectivity index (χ1v) is 6.40. The molecular formula is C12H21NO5. The summed E-state index contributed by atoms with van der Waals surface area (Å²) in [6.45, 7) is 3.77. The molecule has 1 saturated heterocycles. The van der Waals surface area contributed by atoms with E-state index in [-0.39, 0.29) is 12.7 Å². The average molecular weight is 259 g/mol. The fourth-order valence-corrected chi connectivity index (χ4v) is 1.73. The number of carbonyl (C=O) groups excluding carboxylic acids is 1. The van der Waals surface area contributed by atoms with Crippen LogP contribution in [0.25, 0.3) is 0 Å². The SMILES string of the molecule is CCCCOC(=O)C(OC1CCNCC1)C(=O)O. The van der Waals surface area contributed by atoms with Crippen molar-refractivity contribution in [2.45, 2.75) is 44.8 Å². The number of esters is 1. The van der Waals surface area contributed by atoms with Gasteiger partial charge in [-0.15, -0.1) is 0 Å². The summed E-state index contributed by atoms with van der Waals surface area (Å²) >= 11 is 0. The van der Waals surface area contributed by atoms with Gasteiger partial charge in [-0.25, -0.2) is 9.59 Å². The lowest BCUT2D eigenvalue weighted by Crippen LogP contribution is -2.41. The zero-order valence-electron chi connectivity index (χ0n) is 10.7. The molecule has 6 heteroatoms. The normalized spacial score (nSPS) is 18.3. The molecule has 0 bridgehead atoms. The third-order valence-electron chi connectivity index (χ3n) is 2.80. The van der Waals surface area contributed by atoms with Crippen molar-refractivity contribution in [1.29, 1.82) is 0 Å². The molecule has 1 fully saturated rings. The first-order valence-electron chi connectivity index (χ1n) is 6.40. The predicted molar refractivity (Wildman–Crippen MR) is 64.3 cm³/mol. The van der Waals surface area contributed by atoms with E-state index >= 15 is 0 Å². The zero-order chi connectivity index (χ0) is 13.4. The van der Waals surface area contributed by atoms with Gasteiger partial charge in [0.15, 0.2) is 0 Å². The van der Waals surface area contributed by atoms with Crippen LogP contribution in [-0.2, 0) is 19.1 Å². The summed E-state index contributed by atoms with van der Waals surface area (Å²) in [6.07, 6.45) is 1.36. The van der Waals surface area contributed by atoms with E-state index in [1.165, 1.54) is 0 Å². The molecule has 0 aromatic heterocycles. The van der Waals surface area contributed by atoms with Gasteiger partial charge in [0.2, 0.25) is 0 Å². The Labute approximate surface area is 107 Å². The topological polar surface area (TPSA) is 84.9 Å². The van der Waals surface area contributed by atoms with Crippen LogP contribution in [0.3, 0.4) is 0 Å². The number of hydrogen-bond acceptors (Lipinski definition) is 5. The highest BCUT2D eigenvalue weighted by Crippen LogP contribution is 2.11.